The predicted octanol–water partition coefficient (Wildman–Crippen LogP) is 2.38. The van der Waals surface area contributed by atoms with Crippen molar-refractivity contribution in [2.24, 2.45) is 0 Å². The molecule has 0 aliphatic heterocycles. The van der Waals surface area contributed by atoms with E-state index in [9.17, 15) is 0 Å². The molecule has 0 atom stereocenters. The molecular weight excluding hydrogens is 122 g/mol. The molecule has 1 nitrogen and oxygen atoms in total. The zero-order chi connectivity index (χ0) is 8.04. The van der Waals surface area contributed by atoms with Gasteiger partial charge < -0.3 is 5.32 Å². The van der Waals surface area contributed by atoms with E-state index in [4.69, 9.17) is 0 Å². The van der Waals surface area contributed by atoms with E-state index in [1.807, 2.05) is 7.05 Å². The Balaban J connectivity index is 3.28. The Hall–Kier alpha value is -0.0400. The predicted molar refractivity (Wildman–Crippen MR) is 47.0 cm³/mol. The van der Waals surface area contributed by atoms with Crippen LogP contribution < -0.4 is 5.32 Å². The number of nitrogens with one attached hydrogen (secondary N) is 1. The molecular formula is C9H20N. The molecule has 0 aromatic carbocycles. The van der Waals surface area contributed by atoms with Crippen LogP contribution in [-0.4, -0.2) is 12.6 Å². The molecule has 1 heteroatoms. The van der Waals surface area contributed by atoms with E-state index in [-0.39, 0.29) is 0 Å². The molecule has 0 unspecified atom stereocenters. The van der Waals surface area contributed by atoms with Crippen LogP contribution in [-0.2, 0) is 0 Å². The van der Waals surface area contributed by atoms with Crippen molar-refractivity contribution >= 4 is 0 Å². The minimum atomic E-state index is 0.315. The Bertz CT molecular complexity index is 76.8. The average Bonchev–Trinajstić information content (AvgIpc) is 1.89. The van der Waals surface area contributed by atoms with Gasteiger partial charge in [0, 0.05) is 5.54 Å². The normalized spacial score (nSPS) is 12.0. The fourth-order valence-electron chi connectivity index (χ4n) is 0.869. The van der Waals surface area contributed by atoms with Crippen LogP contribution in [0.5, 0.6) is 0 Å². The zero-order valence-electron chi connectivity index (χ0n) is 7.54. The molecule has 0 saturated heterocycles. The quantitative estimate of drug-likeness (QED) is 0.581. The lowest BCUT2D eigenvalue weighted by atomic mass is 9.97. The van der Waals surface area contributed by atoms with Crippen molar-refractivity contribution in [3.63, 3.8) is 0 Å². The van der Waals surface area contributed by atoms with Gasteiger partial charge in [-0.05, 0) is 27.3 Å². The third-order valence-corrected chi connectivity index (χ3v) is 1.98. The van der Waals surface area contributed by atoms with Crippen LogP contribution in [0.25, 0.3) is 0 Å². The van der Waals surface area contributed by atoms with Gasteiger partial charge in [0.05, 0.1) is 0 Å². The average molecular weight is 142 g/mol. The first-order valence-corrected chi connectivity index (χ1v) is 4.10. The maximum absolute atomic E-state index is 3.81. The molecule has 0 amide bonds. The van der Waals surface area contributed by atoms with Crippen LogP contribution in [0.4, 0.5) is 0 Å². The Morgan fingerprint density at radius 2 is 1.90 bits per heavy atom. The van der Waals surface area contributed by atoms with E-state index < -0.39 is 0 Å². The molecule has 0 spiro atoms. The summed E-state index contributed by atoms with van der Waals surface area (Å²) in [6, 6.07) is 0. The van der Waals surface area contributed by atoms with Gasteiger partial charge in [-0.1, -0.05) is 26.2 Å². The van der Waals surface area contributed by atoms with E-state index in [1.165, 1.54) is 19.3 Å². The van der Waals surface area contributed by atoms with Crippen molar-refractivity contribution in [3.05, 3.63) is 6.92 Å². The van der Waals surface area contributed by atoms with E-state index in [0.29, 0.717) is 5.54 Å². The Labute approximate surface area is 65.2 Å². The van der Waals surface area contributed by atoms with Gasteiger partial charge in [0.25, 0.3) is 0 Å². The molecule has 0 saturated carbocycles. The molecule has 1 radical (unpaired) electrons. The Kier molecular flexibility index (Phi) is 4.71. The molecule has 0 fully saturated rings. The first-order valence-electron chi connectivity index (χ1n) is 4.10. The largest absolute Gasteiger partial charge is 0.315 e. The topological polar surface area (TPSA) is 12.0 Å². The van der Waals surface area contributed by atoms with Crippen LogP contribution in [0, 0.1) is 6.92 Å². The number of unbranched alkanes of at least 4 members (excludes halogenated alkanes) is 2. The molecule has 0 rings (SSSR count). The van der Waals surface area contributed by atoms with Gasteiger partial charge >= 0.3 is 0 Å². The first kappa shape index (κ1) is 9.96. The fraction of sp³-hybridized carbons (Fsp3) is 0.889. The molecule has 0 aromatic heterocycles. The standard InChI is InChI=1S/C9H20N/c1-5-6-7-8-9(2,3)10-4/h10H,1,5-8H2,2-4H3. The molecule has 0 aliphatic carbocycles. The van der Waals surface area contributed by atoms with E-state index in [2.05, 4.69) is 26.1 Å². The van der Waals surface area contributed by atoms with Crippen molar-refractivity contribution < 1.29 is 0 Å². The highest BCUT2D eigenvalue weighted by atomic mass is 14.9. The molecule has 1 N–H and O–H groups in total. The minimum absolute atomic E-state index is 0.315. The lowest BCUT2D eigenvalue weighted by Crippen LogP contribution is -2.35. The summed E-state index contributed by atoms with van der Waals surface area (Å²) >= 11 is 0. The summed E-state index contributed by atoms with van der Waals surface area (Å²) in [6.45, 7) is 8.28. The first-order chi connectivity index (χ1) is 4.62. The van der Waals surface area contributed by atoms with Gasteiger partial charge in [-0.3, -0.25) is 0 Å². The lowest BCUT2D eigenvalue weighted by Gasteiger charge is -2.23. The maximum Gasteiger partial charge on any atom is 0.0122 e. The van der Waals surface area contributed by atoms with Crippen molar-refractivity contribution in [1.82, 2.24) is 5.32 Å². The van der Waals surface area contributed by atoms with Crippen LogP contribution in [0.15, 0.2) is 0 Å². The highest BCUT2D eigenvalue weighted by Crippen LogP contribution is 2.12. The summed E-state index contributed by atoms with van der Waals surface area (Å²) in [5, 5.41) is 3.28. The van der Waals surface area contributed by atoms with Crippen LogP contribution in [0.1, 0.15) is 39.5 Å². The molecule has 10 heavy (non-hydrogen) atoms. The number of rotatable bonds is 5. The Morgan fingerprint density at radius 3 is 2.30 bits per heavy atom. The molecule has 0 bridgehead atoms. The second-order valence-corrected chi connectivity index (χ2v) is 3.44. The maximum atomic E-state index is 3.81. The lowest BCUT2D eigenvalue weighted by molar-refractivity contribution is 0.378. The summed E-state index contributed by atoms with van der Waals surface area (Å²) in [7, 11) is 2.02. The third kappa shape index (κ3) is 4.80. The van der Waals surface area contributed by atoms with Gasteiger partial charge in [-0.15, -0.1) is 0 Å². The summed E-state index contributed by atoms with van der Waals surface area (Å²) in [5.41, 5.74) is 0.315. The number of hydrogen-bond acceptors (Lipinski definition) is 1. The smallest absolute Gasteiger partial charge is 0.0122 e. The minimum Gasteiger partial charge on any atom is -0.315 e. The number of hydrogen-bond donors (Lipinski definition) is 1. The van der Waals surface area contributed by atoms with Crippen molar-refractivity contribution in [2.75, 3.05) is 7.05 Å². The summed E-state index contributed by atoms with van der Waals surface area (Å²) in [5.74, 6) is 0. The van der Waals surface area contributed by atoms with Gasteiger partial charge in [0.2, 0.25) is 0 Å². The van der Waals surface area contributed by atoms with Crippen LogP contribution in [0.3, 0.4) is 0 Å². The second-order valence-electron chi connectivity index (χ2n) is 3.44. The fourth-order valence-corrected chi connectivity index (χ4v) is 0.869. The molecule has 0 aromatic rings. The molecule has 61 valence electrons. The van der Waals surface area contributed by atoms with E-state index >= 15 is 0 Å². The van der Waals surface area contributed by atoms with Crippen molar-refractivity contribution in [3.8, 4) is 0 Å². The Morgan fingerprint density at radius 1 is 1.30 bits per heavy atom. The zero-order valence-corrected chi connectivity index (χ0v) is 7.54. The van der Waals surface area contributed by atoms with Gasteiger partial charge in [0.15, 0.2) is 0 Å². The van der Waals surface area contributed by atoms with E-state index in [1.54, 1.807) is 0 Å². The highest BCUT2D eigenvalue weighted by molar-refractivity contribution is 4.74. The summed E-state index contributed by atoms with van der Waals surface area (Å²) in [6.07, 6.45) is 4.86. The van der Waals surface area contributed by atoms with Crippen LogP contribution in [0.2, 0.25) is 0 Å². The second kappa shape index (κ2) is 4.73. The van der Waals surface area contributed by atoms with Gasteiger partial charge in [0.1, 0.15) is 0 Å². The van der Waals surface area contributed by atoms with Gasteiger partial charge in [-0.2, -0.15) is 0 Å². The van der Waals surface area contributed by atoms with Gasteiger partial charge in [-0.25, -0.2) is 0 Å². The summed E-state index contributed by atoms with van der Waals surface area (Å²) in [4.78, 5) is 0. The highest BCUT2D eigenvalue weighted by Gasteiger charge is 2.12. The summed E-state index contributed by atoms with van der Waals surface area (Å²) < 4.78 is 0. The molecule has 0 heterocycles. The molecule has 0 aliphatic rings. The van der Waals surface area contributed by atoms with Crippen LogP contribution >= 0.6 is 0 Å². The van der Waals surface area contributed by atoms with E-state index in [0.717, 1.165) is 6.42 Å². The van der Waals surface area contributed by atoms with Crippen molar-refractivity contribution in [2.45, 2.75) is 45.1 Å². The monoisotopic (exact) mass is 142 g/mol. The third-order valence-electron chi connectivity index (χ3n) is 1.98. The van der Waals surface area contributed by atoms with Crippen molar-refractivity contribution in [1.29, 1.82) is 0 Å². The SMILES string of the molecule is [CH2]CCCCC(C)(C)NC.